The molecule has 0 spiro atoms. The lowest BCUT2D eigenvalue weighted by molar-refractivity contribution is 0.104. The van der Waals surface area contributed by atoms with Gasteiger partial charge in [0, 0.05) is 18.8 Å². The lowest BCUT2D eigenvalue weighted by Crippen LogP contribution is -1.99. The van der Waals surface area contributed by atoms with Crippen molar-refractivity contribution in [1.29, 1.82) is 0 Å². The number of ketones is 1. The Labute approximate surface area is 160 Å². The smallest absolute Gasteiger partial charge is 0.206 e. The van der Waals surface area contributed by atoms with Crippen molar-refractivity contribution in [3.63, 3.8) is 0 Å². The highest BCUT2D eigenvalue weighted by Gasteiger charge is 2.07. The van der Waals surface area contributed by atoms with Crippen LogP contribution in [0.25, 0.3) is 6.08 Å². The fraction of sp³-hybridized carbons (Fsp3) is 0.158. The highest BCUT2D eigenvalue weighted by molar-refractivity contribution is 6.42. The molecule has 5 nitrogen and oxygen atoms in total. The highest BCUT2D eigenvalue weighted by atomic mass is 35.5. The molecule has 3 aromatic rings. The fourth-order valence-electron chi connectivity index (χ4n) is 2.20. The zero-order valence-corrected chi connectivity index (χ0v) is 15.5. The van der Waals surface area contributed by atoms with Crippen molar-refractivity contribution in [2.75, 3.05) is 0 Å². The van der Waals surface area contributed by atoms with Gasteiger partial charge in [0.15, 0.2) is 0 Å². The van der Waals surface area contributed by atoms with Gasteiger partial charge in [-0.1, -0.05) is 23.2 Å². The predicted octanol–water partition coefficient (Wildman–Crippen LogP) is 5.28. The average molecular weight is 391 g/mol. The SMILES string of the molecule is CCn1ccc(C(=O)/C=C/c2ccc(COc3ccc(Cl)c(Cl)c3)o2)n1. The van der Waals surface area contributed by atoms with Gasteiger partial charge in [-0.15, -0.1) is 0 Å². The summed E-state index contributed by atoms with van der Waals surface area (Å²) in [6.07, 6.45) is 4.81. The van der Waals surface area contributed by atoms with E-state index in [0.717, 1.165) is 6.54 Å². The largest absolute Gasteiger partial charge is 0.486 e. The molecule has 0 saturated carbocycles. The van der Waals surface area contributed by atoms with Gasteiger partial charge in [-0.25, -0.2) is 0 Å². The molecule has 0 radical (unpaired) electrons. The van der Waals surface area contributed by atoms with E-state index in [1.54, 1.807) is 53.4 Å². The predicted molar refractivity (Wildman–Crippen MR) is 101 cm³/mol. The van der Waals surface area contributed by atoms with Crippen LogP contribution in [0.4, 0.5) is 0 Å². The van der Waals surface area contributed by atoms with Gasteiger partial charge in [-0.05, 0) is 49.4 Å². The Morgan fingerprint density at radius 2 is 2.08 bits per heavy atom. The van der Waals surface area contributed by atoms with Crippen molar-refractivity contribution < 1.29 is 13.9 Å². The number of nitrogens with zero attached hydrogens (tertiary/aromatic N) is 2. The summed E-state index contributed by atoms with van der Waals surface area (Å²) in [7, 11) is 0. The van der Waals surface area contributed by atoms with E-state index in [1.165, 1.54) is 6.08 Å². The lowest BCUT2D eigenvalue weighted by atomic mass is 10.2. The van der Waals surface area contributed by atoms with E-state index in [9.17, 15) is 4.79 Å². The van der Waals surface area contributed by atoms with Crippen LogP contribution in [-0.2, 0) is 13.2 Å². The number of halogens is 2. The number of allylic oxidation sites excluding steroid dienone is 1. The number of aromatic nitrogens is 2. The lowest BCUT2D eigenvalue weighted by Gasteiger charge is -2.05. The molecule has 0 aliphatic carbocycles. The summed E-state index contributed by atoms with van der Waals surface area (Å²) in [5, 5.41) is 5.06. The Morgan fingerprint density at radius 1 is 1.23 bits per heavy atom. The Bertz CT molecular complexity index is 944. The van der Waals surface area contributed by atoms with E-state index in [1.807, 2.05) is 6.92 Å². The van der Waals surface area contributed by atoms with E-state index in [4.69, 9.17) is 32.4 Å². The minimum Gasteiger partial charge on any atom is -0.486 e. The molecule has 0 N–H and O–H groups in total. The van der Waals surface area contributed by atoms with Crippen LogP contribution in [0.2, 0.25) is 10.0 Å². The fourth-order valence-corrected chi connectivity index (χ4v) is 2.48. The number of carbonyl (C=O) groups is 1. The number of furan rings is 1. The average Bonchev–Trinajstić information content (AvgIpc) is 3.30. The van der Waals surface area contributed by atoms with Gasteiger partial charge in [-0.3, -0.25) is 9.48 Å². The summed E-state index contributed by atoms with van der Waals surface area (Å²) in [6, 6.07) is 10.3. The Morgan fingerprint density at radius 3 is 2.81 bits per heavy atom. The first-order valence-electron chi connectivity index (χ1n) is 7.97. The Hall–Kier alpha value is -2.50. The number of aryl methyl sites for hydroxylation is 1. The van der Waals surface area contributed by atoms with Crippen LogP contribution in [0.15, 0.2) is 53.1 Å². The van der Waals surface area contributed by atoms with Crippen LogP contribution >= 0.6 is 23.2 Å². The number of rotatable bonds is 7. The maximum atomic E-state index is 12.1. The van der Waals surface area contributed by atoms with E-state index in [-0.39, 0.29) is 12.4 Å². The Kier molecular flexibility index (Phi) is 5.81. The molecule has 0 bridgehead atoms. The first-order chi connectivity index (χ1) is 12.5. The van der Waals surface area contributed by atoms with Crippen molar-refractivity contribution in [3.05, 3.63) is 75.9 Å². The van der Waals surface area contributed by atoms with E-state index < -0.39 is 0 Å². The highest BCUT2D eigenvalue weighted by Crippen LogP contribution is 2.27. The summed E-state index contributed by atoms with van der Waals surface area (Å²) >= 11 is 11.8. The summed E-state index contributed by atoms with van der Waals surface area (Å²) in [4.78, 5) is 12.1. The molecule has 0 amide bonds. The molecule has 26 heavy (non-hydrogen) atoms. The summed E-state index contributed by atoms with van der Waals surface area (Å²) in [6.45, 7) is 2.92. The molecule has 2 heterocycles. The molecule has 0 unspecified atom stereocenters. The van der Waals surface area contributed by atoms with Crippen molar-refractivity contribution in [3.8, 4) is 5.75 Å². The normalized spacial score (nSPS) is 11.2. The zero-order chi connectivity index (χ0) is 18.5. The zero-order valence-electron chi connectivity index (χ0n) is 14.0. The quantitative estimate of drug-likeness (QED) is 0.406. The molecule has 0 fully saturated rings. The number of carbonyl (C=O) groups excluding carboxylic acids is 1. The molecular weight excluding hydrogens is 375 g/mol. The summed E-state index contributed by atoms with van der Waals surface area (Å²) < 4.78 is 12.9. The Balaban J connectivity index is 1.58. The second-order valence-electron chi connectivity index (χ2n) is 5.42. The van der Waals surface area contributed by atoms with Crippen LogP contribution in [0, 0.1) is 0 Å². The third-order valence-corrected chi connectivity index (χ3v) is 4.31. The van der Waals surface area contributed by atoms with Crippen molar-refractivity contribution in [2.45, 2.75) is 20.1 Å². The minimum absolute atomic E-state index is 0.179. The maximum Gasteiger partial charge on any atom is 0.206 e. The van der Waals surface area contributed by atoms with E-state index >= 15 is 0 Å². The maximum absolute atomic E-state index is 12.1. The van der Waals surface area contributed by atoms with Crippen molar-refractivity contribution in [2.24, 2.45) is 0 Å². The molecule has 1 aromatic carbocycles. The van der Waals surface area contributed by atoms with Gasteiger partial charge in [0.1, 0.15) is 29.6 Å². The first-order valence-corrected chi connectivity index (χ1v) is 8.73. The topological polar surface area (TPSA) is 57.3 Å². The third kappa shape index (κ3) is 4.56. The van der Waals surface area contributed by atoms with E-state index in [2.05, 4.69) is 5.10 Å². The molecule has 0 saturated heterocycles. The molecular formula is C19H16Cl2N2O3. The van der Waals surface area contributed by atoms with Crippen LogP contribution in [0.3, 0.4) is 0 Å². The number of ether oxygens (including phenoxy) is 1. The first kappa shape index (κ1) is 18.3. The molecule has 134 valence electrons. The van der Waals surface area contributed by atoms with Crippen LogP contribution in [-0.4, -0.2) is 15.6 Å². The van der Waals surface area contributed by atoms with Gasteiger partial charge in [0.2, 0.25) is 5.78 Å². The van der Waals surface area contributed by atoms with Gasteiger partial charge in [0.05, 0.1) is 10.0 Å². The second kappa shape index (κ2) is 8.25. The molecule has 7 heteroatoms. The number of hydrogen-bond acceptors (Lipinski definition) is 4. The van der Waals surface area contributed by atoms with Gasteiger partial charge in [-0.2, -0.15) is 5.10 Å². The second-order valence-corrected chi connectivity index (χ2v) is 6.24. The van der Waals surface area contributed by atoms with Gasteiger partial charge in [0.25, 0.3) is 0 Å². The summed E-state index contributed by atoms with van der Waals surface area (Å²) in [5.74, 6) is 1.59. The van der Waals surface area contributed by atoms with E-state index in [0.29, 0.717) is 33.0 Å². The van der Waals surface area contributed by atoms with Crippen LogP contribution in [0.1, 0.15) is 28.9 Å². The standard InChI is InChI=1S/C19H16Cl2N2O3/c1-2-23-10-9-18(22-23)19(24)8-6-13-3-4-15(26-13)12-25-14-5-7-16(20)17(21)11-14/h3-11H,2,12H2,1H3/b8-6+. The molecule has 0 aliphatic rings. The molecule has 3 rings (SSSR count). The third-order valence-electron chi connectivity index (χ3n) is 3.57. The van der Waals surface area contributed by atoms with Gasteiger partial charge < -0.3 is 9.15 Å². The van der Waals surface area contributed by atoms with Crippen molar-refractivity contribution >= 4 is 35.1 Å². The molecule has 2 aromatic heterocycles. The molecule has 0 atom stereocenters. The van der Waals surface area contributed by atoms with Crippen LogP contribution < -0.4 is 4.74 Å². The van der Waals surface area contributed by atoms with Crippen LogP contribution in [0.5, 0.6) is 5.75 Å². The monoisotopic (exact) mass is 390 g/mol. The summed E-state index contributed by atoms with van der Waals surface area (Å²) in [5.41, 5.74) is 0.401. The number of hydrogen-bond donors (Lipinski definition) is 0. The van der Waals surface area contributed by atoms with Crippen molar-refractivity contribution in [1.82, 2.24) is 9.78 Å². The molecule has 0 aliphatic heterocycles. The van der Waals surface area contributed by atoms with Gasteiger partial charge >= 0.3 is 0 Å². The minimum atomic E-state index is -0.179. The number of benzene rings is 1.